The Hall–Kier alpha value is -5.15. The van der Waals surface area contributed by atoms with Crippen molar-refractivity contribution in [3.8, 4) is 18.0 Å². The highest BCUT2D eigenvalue weighted by Crippen LogP contribution is 2.14. The van der Waals surface area contributed by atoms with E-state index in [4.69, 9.17) is 40.5 Å². The van der Waals surface area contributed by atoms with Crippen molar-refractivity contribution in [1.29, 1.82) is 0.594 Å². The summed E-state index contributed by atoms with van der Waals surface area (Å²) in [6, 6.07) is 1.97. The summed E-state index contributed by atoms with van der Waals surface area (Å²) in [6.07, 6.45) is 0. The number of nitrogens with one attached hydrogen (secondary N) is 4. The number of anilines is 3. The van der Waals surface area contributed by atoms with Crippen molar-refractivity contribution in [2.24, 2.45) is 0 Å². The zero-order valence-corrected chi connectivity index (χ0v) is 26.6. The molecule has 0 aliphatic carbocycles. The van der Waals surface area contributed by atoms with E-state index >= 15 is 0 Å². The summed E-state index contributed by atoms with van der Waals surface area (Å²) in [6.45, 7) is 1.69. The third-order valence-electron chi connectivity index (χ3n) is 4.33. The summed E-state index contributed by atoms with van der Waals surface area (Å²) in [5, 5.41) is 19.7. The van der Waals surface area contributed by atoms with E-state index in [0.29, 0.717) is 26.4 Å². The van der Waals surface area contributed by atoms with Crippen LogP contribution in [0.5, 0.6) is 18.0 Å². The van der Waals surface area contributed by atoms with Gasteiger partial charge in [-0.25, -0.2) is 10.1 Å². The molecule has 0 amide bonds. The highest BCUT2D eigenvalue weighted by molar-refractivity contribution is 14.0. The monoisotopic (exact) mass is 809 g/mol. The molecule has 0 aromatic carbocycles. The molecule has 0 saturated carbocycles. The van der Waals surface area contributed by atoms with Gasteiger partial charge in [-0.05, 0) is 0 Å². The molecule has 0 saturated heterocycles. The quantitative estimate of drug-likeness (QED) is 0.0516. The van der Waals surface area contributed by atoms with E-state index in [1.165, 1.54) is 44.1 Å². The first-order valence-corrected chi connectivity index (χ1v) is 12.2. The number of hydrazine groups is 1. The summed E-state index contributed by atoms with van der Waals surface area (Å²) >= 11 is 1.40. The molecule has 48 heavy (non-hydrogen) atoms. The first kappa shape index (κ1) is 45.0. The second kappa shape index (κ2) is 26.0. The fourth-order valence-electron chi connectivity index (χ4n) is 2.55. The molecule has 0 fully saturated rings. The number of rotatable bonds is 15. The Morgan fingerprint density at radius 3 is 1.62 bits per heavy atom. The normalized spacial score (nSPS) is 9.46. The average molecular weight is 810 g/mol. The molecule has 0 radical (unpaired) electrons. The van der Waals surface area contributed by atoms with Crippen LogP contribution in [0.2, 0.25) is 0 Å². The summed E-state index contributed by atoms with van der Waals surface area (Å²) in [7, 11) is 4.52. The number of H-pyrrole nitrogens is 3. The Labute approximate surface area is 291 Å². The molecule has 3 heterocycles. The Morgan fingerprint density at radius 2 is 1.23 bits per heavy atom. The van der Waals surface area contributed by atoms with E-state index in [1.54, 1.807) is 12.5 Å². The van der Waals surface area contributed by atoms with Gasteiger partial charge in [0.25, 0.3) is 29.1 Å². The maximum absolute atomic E-state index is 11.2. The lowest BCUT2D eigenvalue weighted by Gasteiger charge is -2.04. The van der Waals surface area contributed by atoms with E-state index in [2.05, 4.69) is 29.9 Å². The number of aromatic nitrogens is 6. The maximum atomic E-state index is 11.2. The molecule has 3 aromatic heterocycles. The minimum Gasteiger partial charge on any atom is -0.462 e. The number of hydrogen-bond acceptors (Lipinski definition) is 18. The van der Waals surface area contributed by atoms with Crippen molar-refractivity contribution < 1.29 is 39.8 Å². The smallest absolute Gasteiger partial charge is 0.375 e. The van der Waals surface area contributed by atoms with Crippen LogP contribution in [-0.4, -0.2) is 101 Å². The van der Waals surface area contributed by atoms with Gasteiger partial charge in [0.15, 0.2) is 5.03 Å². The minimum absolute atomic E-state index is 0. The first-order chi connectivity index (χ1) is 22.4. The van der Waals surface area contributed by atoms with Crippen molar-refractivity contribution in [2.45, 2.75) is 14.9 Å². The average Bonchev–Trinajstić information content (AvgIpc) is 2.98. The van der Waals surface area contributed by atoms with Crippen LogP contribution in [0.1, 0.15) is 16.3 Å². The molecule has 24 nitrogen and oxygen atoms in total. The lowest BCUT2D eigenvalue weighted by atomic mass is 10.5. The van der Waals surface area contributed by atoms with Crippen LogP contribution in [0.3, 0.4) is 0 Å². The van der Waals surface area contributed by atoms with Crippen molar-refractivity contribution in [3.63, 3.8) is 0 Å². The molecule has 274 valence electrons. The van der Waals surface area contributed by atoms with Gasteiger partial charge < -0.3 is 39.9 Å². The van der Waals surface area contributed by atoms with Gasteiger partial charge in [-0.15, -0.1) is 23.8 Å². The van der Waals surface area contributed by atoms with Crippen LogP contribution in [0.4, 0.5) is 23.1 Å². The van der Waals surface area contributed by atoms with Crippen LogP contribution in [0, 0.1) is 20.2 Å². The van der Waals surface area contributed by atoms with Crippen molar-refractivity contribution in [2.75, 3.05) is 77.9 Å². The number of nitrogen functional groups attached to an aromatic ring is 2. The maximum Gasteiger partial charge on any atom is 0.375 e. The van der Waals surface area contributed by atoms with Gasteiger partial charge in [0.1, 0.15) is 26.2 Å². The van der Waals surface area contributed by atoms with Crippen molar-refractivity contribution in [1.82, 2.24) is 29.9 Å². The Kier molecular flexibility index (Phi) is 24.3. The summed E-state index contributed by atoms with van der Waals surface area (Å²) in [4.78, 5) is 70.5. The van der Waals surface area contributed by atoms with Crippen molar-refractivity contribution >= 4 is 46.9 Å². The van der Waals surface area contributed by atoms with Crippen LogP contribution in [-0.2, 0) is 14.2 Å². The second-order valence-corrected chi connectivity index (χ2v) is 7.67. The molecule has 0 spiro atoms. The predicted molar refractivity (Wildman–Crippen MR) is 184 cm³/mol. The molecular formula is C23H42IN11O13. The number of nitro groups is 2. The molecule has 0 aliphatic heterocycles. The van der Waals surface area contributed by atoms with E-state index in [9.17, 15) is 34.6 Å². The largest absolute Gasteiger partial charge is 0.462 e. The van der Waals surface area contributed by atoms with Gasteiger partial charge >= 0.3 is 11.2 Å². The lowest BCUT2D eigenvalue weighted by molar-refractivity contribution is -0.445. The van der Waals surface area contributed by atoms with E-state index in [0.717, 1.165) is 6.07 Å². The molecule has 8 N–H and O–H groups in total. The fraction of sp³-hybridized carbons (Fsp3) is 0.478. The fourth-order valence-corrected chi connectivity index (χ4v) is 2.55. The number of methoxy groups -OCH3 is 3. The topological polar surface area (TPSA) is 343 Å². The van der Waals surface area contributed by atoms with Crippen molar-refractivity contribution in [3.05, 3.63) is 63.4 Å². The summed E-state index contributed by atoms with van der Waals surface area (Å²) in [5.74, 6) is -0.543. The third-order valence-corrected chi connectivity index (χ3v) is 4.33. The summed E-state index contributed by atoms with van der Waals surface area (Å²) < 4.78 is 34.9. The molecule has 25 heteroatoms. The zero-order chi connectivity index (χ0) is 35.8. The number of aromatic amines is 3. The Balaban J connectivity index is -0.000000302. The van der Waals surface area contributed by atoms with Gasteiger partial charge in [0, 0.05) is 28.8 Å². The highest BCUT2D eigenvalue weighted by Gasteiger charge is 2.20. The number of hydrogen-bond donors (Lipinski definition) is 6. The number of nitrogens with two attached hydrogens (primary N) is 2. The number of halogens is 1. The van der Waals surface area contributed by atoms with Crippen LogP contribution in [0.25, 0.3) is 0 Å². The second-order valence-electron chi connectivity index (χ2n) is 7.67. The van der Waals surface area contributed by atoms with Gasteiger partial charge in [-0.1, -0.05) is 20.3 Å². The minimum atomic E-state index is -0.954. The van der Waals surface area contributed by atoms with Gasteiger partial charge in [0.05, 0.1) is 30.8 Å². The van der Waals surface area contributed by atoms with Gasteiger partial charge in [-0.2, -0.15) is 15.0 Å². The third kappa shape index (κ3) is 19.4. The number of ether oxygens (including phenoxy) is 6. The van der Waals surface area contributed by atoms with E-state index in [-0.39, 0.29) is 64.7 Å². The van der Waals surface area contributed by atoms with E-state index < -0.39 is 32.6 Å². The molecular weight excluding hydrogens is 765 g/mol. The molecule has 3 rings (SSSR count). The molecule has 0 atom stereocenters. The standard InChI is InChI=1S/2C7H10N4O5.C7H11N3O3.2CH4.HI.H2/c1-15-2-3-16-7-9-5(8)4(11(13)14)6(12)10-7;1-15-2-3-16-7-8-5(10-11(13)14)4-6(12)9-7;1-12-2-3-13-7-9-5(8)4-6(11)10-7;;;;/h2-3H2,1H3,(H3,8,9,10,12);4H,2-3H2,1H3,(H2,8,9,10,12);4H,2-3H2,1H3,(H3,8,9,10,11);2*1H4;2*1H/i;;;;;;1+1/hD. The number of nitrogens with zero attached hydrogens (tertiary/aromatic N) is 5. The van der Waals surface area contributed by atoms with Crippen LogP contribution < -0.4 is 47.8 Å². The van der Waals surface area contributed by atoms with Crippen LogP contribution in [0.15, 0.2) is 26.5 Å². The van der Waals surface area contributed by atoms with Gasteiger partial charge in [-0.3, -0.25) is 39.4 Å². The Morgan fingerprint density at radius 1 is 0.792 bits per heavy atom. The lowest BCUT2D eigenvalue weighted by Crippen LogP contribution is -2.18. The first-order valence-electron chi connectivity index (χ1n) is 12.6. The molecule has 0 aliphatic rings. The highest BCUT2D eigenvalue weighted by atomic mass is 127. The predicted octanol–water partition coefficient (Wildman–Crippen LogP) is 0.198. The molecule has 0 unspecified atom stereocenters. The Bertz CT molecular complexity index is 1570. The van der Waals surface area contributed by atoms with E-state index in [1.807, 2.05) is 0 Å². The zero-order valence-electron chi connectivity index (χ0n) is 25.5. The molecule has 3 aromatic rings. The van der Waals surface area contributed by atoms with Gasteiger partial charge in [0.2, 0.25) is 11.6 Å². The summed E-state index contributed by atoms with van der Waals surface area (Å²) in [5.41, 5.74) is 9.69. The van der Waals surface area contributed by atoms with Crippen LogP contribution >= 0.6 is 23.8 Å². The molecule has 0 bridgehead atoms. The SMILES string of the molecule is C.C.COCCOc1nc(N)c([N+](=O)[O-])c(=O)[nH]1.COCCOc1nc(N)cc(=O)[nH]1.COCCOc1nc(N[N+](=O)[O-])cc(=O)[nH]1.[2HH].[2H]I.